The number of methoxy groups -OCH3 is 1. The predicted molar refractivity (Wildman–Crippen MR) is 119 cm³/mol. The lowest BCUT2D eigenvalue weighted by Crippen LogP contribution is -2.43. The van der Waals surface area contributed by atoms with Gasteiger partial charge in [0.25, 0.3) is 5.56 Å². The van der Waals surface area contributed by atoms with Crippen LogP contribution in [0.15, 0.2) is 58.3 Å². The Hall–Kier alpha value is -3.99. The van der Waals surface area contributed by atoms with E-state index in [1.54, 1.807) is 48.5 Å². The maximum absolute atomic E-state index is 13.7. The molecule has 3 heterocycles. The number of rotatable bonds is 5. The summed E-state index contributed by atoms with van der Waals surface area (Å²) >= 11 is 0. The van der Waals surface area contributed by atoms with Gasteiger partial charge in [0.15, 0.2) is 17.8 Å². The van der Waals surface area contributed by atoms with Crippen LogP contribution in [-0.2, 0) is 0 Å². The molecule has 0 spiro atoms. The molecular weight excluding hydrogens is 453 g/mol. The van der Waals surface area contributed by atoms with Gasteiger partial charge in [-0.3, -0.25) is 19.7 Å². The monoisotopic (exact) mass is 472 g/mol. The number of pyridine rings is 1. The van der Waals surface area contributed by atoms with Crippen molar-refractivity contribution in [2.75, 3.05) is 25.8 Å². The fourth-order valence-corrected chi connectivity index (χ4v) is 3.77. The molecule has 0 amide bonds. The van der Waals surface area contributed by atoms with Crippen molar-refractivity contribution in [3.63, 3.8) is 0 Å². The molecule has 0 saturated heterocycles. The average molecular weight is 472 g/mol. The van der Waals surface area contributed by atoms with E-state index in [2.05, 4.69) is 15.6 Å². The zero-order valence-electron chi connectivity index (χ0n) is 17.8. The van der Waals surface area contributed by atoms with Gasteiger partial charge in [0.05, 0.1) is 19.3 Å². The van der Waals surface area contributed by atoms with Gasteiger partial charge in [-0.2, -0.15) is 13.2 Å². The fraction of sp³-hybridized carbons (Fsp3) is 0.217. The molecule has 2 aromatic carbocycles. The number of hydrogen-bond donors (Lipinski definition) is 2. The highest BCUT2D eigenvalue weighted by atomic mass is 19.4. The Morgan fingerprint density at radius 1 is 1.15 bits per heavy atom. The van der Waals surface area contributed by atoms with Crippen LogP contribution in [0.3, 0.4) is 0 Å². The van der Waals surface area contributed by atoms with Gasteiger partial charge < -0.3 is 19.5 Å². The van der Waals surface area contributed by atoms with Crippen LogP contribution in [0.1, 0.15) is 5.56 Å². The van der Waals surface area contributed by atoms with Crippen molar-refractivity contribution < 1.29 is 27.4 Å². The van der Waals surface area contributed by atoms with Crippen molar-refractivity contribution in [3.8, 4) is 34.1 Å². The summed E-state index contributed by atoms with van der Waals surface area (Å²) in [6.07, 6.45) is -4.03. The van der Waals surface area contributed by atoms with Crippen molar-refractivity contribution in [2.24, 2.45) is 4.99 Å². The first-order valence-electron chi connectivity index (χ1n) is 10.3. The lowest BCUT2D eigenvalue weighted by Gasteiger charge is -2.26. The second-order valence-corrected chi connectivity index (χ2v) is 7.59. The third-order valence-corrected chi connectivity index (χ3v) is 5.38. The first kappa shape index (κ1) is 21.8. The predicted octanol–water partition coefficient (Wildman–Crippen LogP) is 3.52. The van der Waals surface area contributed by atoms with E-state index < -0.39 is 19.0 Å². The Balaban J connectivity index is 1.62. The molecule has 1 atom stereocenters. The number of hydrogen-bond acceptors (Lipinski definition) is 7. The maximum atomic E-state index is 13.7. The highest BCUT2D eigenvalue weighted by Gasteiger charge is 2.29. The van der Waals surface area contributed by atoms with Gasteiger partial charge in [-0.05, 0) is 48.0 Å². The smallest absolute Gasteiger partial charge is 0.401 e. The van der Waals surface area contributed by atoms with E-state index in [0.717, 1.165) is 0 Å². The number of halogens is 3. The third-order valence-electron chi connectivity index (χ3n) is 5.38. The largest absolute Gasteiger partial charge is 0.497 e. The standard InChI is InChI=1S/C23H19F3N4O4/c1-32-16-5-3-15(4-6-16)30-20-14(10-27-22(29-20)28-11-23(24,25)26)8-17(21(30)31)13-2-7-18-19(9-13)34-12-33-18/h2-10,22,28-29H,11-12H2,1H3. The van der Waals surface area contributed by atoms with E-state index in [4.69, 9.17) is 14.2 Å². The summed E-state index contributed by atoms with van der Waals surface area (Å²) in [5.74, 6) is 2.01. The summed E-state index contributed by atoms with van der Waals surface area (Å²) in [5.41, 5.74) is 1.63. The summed E-state index contributed by atoms with van der Waals surface area (Å²) in [5, 5.41) is 5.20. The Kier molecular flexibility index (Phi) is 5.40. The number of nitrogens with zero attached hydrogens (tertiary/aromatic N) is 2. The maximum Gasteiger partial charge on any atom is 0.401 e. The van der Waals surface area contributed by atoms with Crippen molar-refractivity contribution in [2.45, 2.75) is 12.5 Å². The Morgan fingerprint density at radius 3 is 2.65 bits per heavy atom. The van der Waals surface area contributed by atoms with Crippen LogP contribution in [0.25, 0.3) is 16.8 Å². The van der Waals surface area contributed by atoms with E-state index in [-0.39, 0.29) is 12.4 Å². The number of ether oxygens (including phenoxy) is 3. The summed E-state index contributed by atoms with van der Waals surface area (Å²) in [6, 6.07) is 13.6. The minimum absolute atomic E-state index is 0.0992. The molecule has 0 saturated carbocycles. The molecule has 0 bridgehead atoms. The number of aliphatic imine (C=N–C) groups is 1. The fourth-order valence-electron chi connectivity index (χ4n) is 3.77. The number of fused-ring (bicyclic) bond motifs is 2. The first-order chi connectivity index (χ1) is 16.3. The molecule has 0 aliphatic carbocycles. The second kappa shape index (κ2) is 8.41. The summed E-state index contributed by atoms with van der Waals surface area (Å²) in [6.45, 7) is -1.14. The minimum Gasteiger partial charge on any atom is -0.497 e. The normalized spacial score (nSPS) is 16.2. The lowest BCUT2D eigenvalue weighted by molar-refractivity contribution is -0.125. The van der Waals surface area contributed by atoms with Gasteiger partial charge >= 0.3 is 6.18 Å². The van der Waals surface area contributed by atoms with Crippen molar-refractivity contribution in [1.29, 1.82) is 0 Å². The highest BCUT2D eigenvalue weighted by Crippen LogP contribution is 2.36. The van der Waals surface area contributed by atoms with E-state index in [9.17, 15) is 18.0 Å². The number of aromatic nitrogens is 1. The zero-order valence-corrected chi connectivity index (χ0v) is 17.8. The first-order valence-corrected chi connectivity index (χ1v) is 10.3. The van der Waals surface area contributed by atoms with E-state index in [0.29, 0.717) is 45.4 Å². The quantitative estimate of drug-likeness (QED) is 0.591. The molecule has 2 aliphatic rings. The molecule has 0 radical (unpaired) electrons. The van der Waals surface area contributed by atoms with Gasteiger partial charge in [-0.25, -0.2) is 0 Å². The van der Waals surface area contributed by atoms with Gasteiger partial charge in [0.2, 0.25) is 6.79 Å². The molecule has 176 valence electrons. The Bertz CT molecular complexity index is 1320. The van der Waals surface area contributed by atoms with E-state index in [1.807, 2.05) is 0 Å². The second-order valence-electron chi connectivity index (χ2n) is 7.59. The number of anilines is 1. The molecule has 1 aromatic heterocycles. The lowest BCUT2D eigenvalue weighted by atomic mass is 10.0. The van der Waals surface area contributed by atoms with E-state index in [1.165, 1.54) is 17.9 Å². The van der Waals surface area contributed by atoms with Crippen LogP contribution in [0.4, 0.5) is 19.0 Å². The molecule has 3 aromatic rings. The molecule has 34 heavy (non-hydrogen) atoms. The highest BCUT2D eigenvalue weighted by molar-refractivity contribution is 5.91. The van der Waals surface area contributed by atoms with Crippen molar-refractivity contribution in [1.82, 2.24) is 9.88 Å². The molecular formula is C23H19F3N4O4. The molecule has 0 fully saturated rings. The van der Waals surface area contributed by atoms with Crippen LogP contribution in [0, 0.1) is 0 Å². The SMILES string of the molecule is COc1ccc(-n2c3c(cc(-c4ccc5c(c4)OCO5)c2=O)C=NC(NCC(F)(F)F)N3)cc1. The van der Waals surface area contributed by atoms with Gasteiger partial charge in [0, 0.05) is 17.3 Å². The molecule has 2 aliphatic heterocycles. The Morgan fingerprint density at radius 2 is 1.91 bits per heavy atom. The third kappa shape index (κ3) is 4.17. The van der Waals surface area contributed by atoms with E-state index >= 15 is 0 Å². The van der Waals surface area contributed by atoms with Crippen molar-refractivity contribution in [3.05, 3.63) is 64.4 Å². The average Bonchev–Trinajstić information content (AvgIpc) is 3.30. The summed E-state index contributed by atoms with van der Waals surface area (Å²) in [4.78, 5) is 17.8. The summed E-state index contributed by atoms with van der Waals surface area (Å²) in [7, 11) is 1.53. The number of alkyl halides is 3. The minimum atomic E-state index is -4.41. The topological polar surface area (TPSA) is 86.1 Å². The van der Waals surface area contributed by atoms with Crippen molar-refractivity contribution >= 4 is 12.0 Å². The zero-order chi connectivity index (χ0) is 23.9. The van der Waals surface area contributed by atoms with Gasteiger partial charge in [-0.1, -0.05) is 6.07 Å². The summed E-state index contributed by atoms with van der Waals surface area (Å²) < 4.78 is 55.5. The number of nitrogens with one attached hydrogen (secondary N) is 2. The van der Waals surface area contributed by atoms with Crippen LogP contribution < -0.4 is 30.4 Å². The number of benzene rings is 2. The van der Waals surface area contributed by atoms with Crippen LogP contribution in [0.2, 0.25) is 0 Å². The van der Waals surface area contributed by atoms with Gasteiger partial charge in [-0.15, -0.1) is 0 Å². The van der Waals surface area contributed by atoms with Gasteiger partial charge in [0.1, 0.15) is 11.6 Å². The molecule has 1 unspecified atom stereocenters. The van der Waals surface area contributed by atoms with Crippen LogP contribution in [-0.4, -0.2) is 43.7 Å². The Labute approximate surface area is 191 Å². The molecule has 8 nitrogen and oxygen atoms in total. The molecule has 5 rings (SSSR count). The molecule has 2 N–H and O–H groups in total. The van der Waals surface area contributed by atoms with Crippen LogP contribution >= 0.6 is 0 Å². The van der Waals surface area contributed by atoms with Crippen LogP contribution in [0.5, 0.6) is 17.2 Å². The molecule has 11 heteroatoms.